The van der Waals surface area contributed by atoms with Gasteiger partial charge in [-0.15, -0.1) is 0 Å². The minimum absolute atomic E-state index is 0.154. The van der Waals surface area contributed by atoms with Crippen molar-refractivity contribution in [1.29, 1.82) is 0 Å². The van der Waals surface area contributed by atoms with Crippen molar-refractivity contribution in [3.8, 4) is 0 Å². The highest BCUT2D eigenvalue weighted by atomic mass is 16.3. The Bertz CT molecular complexity index is 299. The van der Waals surface area contributed by atoms with Crippen LogP contribution in [0.25, 0.3) is 0 Å². The van der Waals surface area contributed by atoms with E-state index in [1.54, 1.807) is 0 Å². The molecule has 0 saturated heterocycles. The summed E-state index contributed by atoms with van der Waals surface area (Å²) < 4.78 is 0. The lowest BCUT2D eigenvalue weighted by molar-refractivity contribution is 0.219. The molecule has 0 saturated carbocycles. The molecule has 2 N–H and O–H groups in total. The number of benzene rings is 1. The van der Waals surface area contributed by atoms with E-state index in [0.29, 0.717) is 12.0 Å². The van der Waals surface area contributed by atoms with Gasteiger partial charge in [0, 0.05) is 12.1 Å². The second kappa shape index (κ2) is 7.46. The summed E-state index contributed by atoms with van der Waals surface area (Å²) in [5.74, 6) is 0.639. The average molecular weight is 235 g/mol. The molecule has 1 rings (SSSR count). The lowest BCUT2D eigenvalue weighted by Gasteiger charge is -2.25. The van der Waals surface area contributed by atoms with Crippen molar-refractivity contribution >= 4 is 0 Å². The van der Waals surface area contributed by atoms with Gasteiger partial charge in [-0.25, -0.2) is 0 Å². The second-order valence-corrected chi connectivity index (χ2v) is 4.91. The standard InChI is InChI=1S/C15H25NO/c1-4-12(2)13(3)16-15(11-17)10-14-8-6-5-7-9-14/h5-9,12-13,15-17H,4,10-11H2,1-3H3/t12?,13?,15-/m0/s1. The third kappa shape index (κ3) is 4.88. The van der Waals surface area contributed by atoms with Crippen molar-refractivity contribution < 1.29 is 5.11 Å². The van der Waals surface area contributed by atoms with Crippen LogP contribution in [0.3, 0.4) is 0 Å². The van der Waals surface area contributed by atoms with Crippen LogP contribution in [0.4, 0.5) is 0 Å². The van der Waals surface area contributed by atoms with Gasteiger partial charge in [0.15, 0.2) is 0 Å². The van der Waals surface area contributed by atoms with Crippen molar-refractivity contribution in [3.63, 3.8) is 0 Å². The Kier molecular flexibility index (Phi) is 6.23. The van der Waals surface area contributed by atoms with Gasteiger partial charge in [0.1, 0.15) is 0 Å². The van der Waals surface area contributed by atoms with E-state index >= 15 is 0 Å². The van der Waals surface area contributed by atoms with E-state index in [2.05, 4.69) is 38.2 Å². The van der Waals surface area contributed by atoms with Gasteiger partial charge in [-0.2, -0.15) is 0 Å². The fraction of sp³-hybridized carbons (Fsp3) is 0.600. The normalized spacial score (nSPS) is 16.5. The zero-order valence-electron chi connectivity index (χ0n) is 11.2. The Morgan fingerprint density at radius 1 is 1.18 bits per heavy atom. The van der Waals surface area contributed by atoms with Gasteiger partial charge in [0.25, 0.3) is 0 Å². The predicted octanol–water partition coefficient (Wildman–Crippen LogP) is 2.61. The molecule has 0 aromatic heterocycles. The number of hydrogen-bond acceptors (Lipinski definition) is 2. The van der Waals surface area contributed by atoms with E-state index in [9.17, 15) is 5.11 Å². The van der Waals surface area contributed by atoms with E-state index in [0.717, 1.165) is 12.8 Å². The first-order chi connectivity index (χ1) is 8.17. The molecule has 0 amide bonds. The van der Waals surface area contributed by atoms with Crippen LogP contribution in [0.5, 0.6) is 0 Å². The molecule has 0 spiro atoms. The number of nitrogens with one attached hydrogen (secondary N) is 1. The van der Waals surface area contributed by atoms with Crippen LogP contribution < -0.4 is 5.32 Å². The number of aliphatic hydroxyl groups is 1. The van der Waals surface area contributed by atoms with Crippen molar-refractivity contribution in [2.45, 2.75) is 45.7 Å². The van der Waals surface area contributed by atoms with Crippen molar-refractivity contribution in [3.05, 3.63) is 35.9 Å². The minimum Gasteiger partial charge on any atom is -0.395 e. The molecule has 0 aliphatic heterocycles. The van der Waals surface area contributed by atoms with E-state index in [4.69, 9.17) is 0 Å². The molecule has 0 aliphatic rings. The largest absolute Gasteiger partial charge is 0.395 e. The van der Waals surface area contributed by atoms with E-state index < -0.39 is 0 Å². The monoisotopic (exact) mass is 235 g/mol. The topological polar surface area (TPSA) is 32.3 Å². The molecule has 0 bridgehead atoms. The Balaban J connectivity index is 2.49. The summed E-state index contributed by atoms with van der Waals surface area (Å²) in [7, 11) is 0. The highest BCUT2D eigenvalue weighted by molar-refractivity contribution is 5.15. The number of aliphatic hydroxyl groups excluding tert-OH is 1. The Morgan fingerprint density at radius 2 is 1.82 bits per heavy atom. The molecule has 3 atom stereocenters. The second-order valence-electron chi connectivity index (χ2n) is 4.91. The summed E-state index contributed by atoms with van der Waals surface area (Å²) in [5, 5.41) is 12.9. The first kappa shape index (κ1) is 14.2. The molecule has 0 radical (unpaired) electrons. The average Bonchev–Trinajstić information content (AvgIpc) is 2.38. The molecule has 96 valence electrons. The zero-order valence-corrected chi connectivity index (χ0v) is 11.2. The summed E-state index contributed by atoms with van der Waals surface area (Å²) in [6.07, 6.45) is 2.05. The third-order valence-corrected chi connectivity index (χ3v) is 3.54. The van der Waals surface area contributed by atoms with E-state index in [1.165, 1.54) is 5.56 Å². The van der Waals surface area contributed by atoms with Gasteiger partial charge in [-0.05, 0) is 24.8 Å². The molecular weight excluding hydrogens is 210 g/mol. The number of rotatable bonds is 7. The van der Waals surface area contributed by atoms with Crippen molar-refractivity contribution in [2.24, 2.45) is 5.92 Å². The summed E-state index contributed by atoms with van der Waals surface area (Å²) in [5.41, 5.74) is 1.27. The Hall–Kier alpha value is -0.860. The zero-order chi connectivity index (χ0) is 12.7. The van der Waals surface area contributed by atoms with Gasteiger partial charge in [-0.1, -0.05) is 50.6 Å². The molecule has 1 aromatic rings. The van der Waals surface area contributed by atoms with Gasteiger partial charge in [0.05, 0.1) is 6.61 Å². The molecule has 2 unspecified atom stereocenters. The fourth-order valence-corrected chi connectivity index (χ4v) is 1.96. The molecule has 2 heteroatoms. The fourth-order valence-electron chi connectivity index (χ4n) is 1.96. The molecule has 0 heterocycles. The maximum atomic E-state index is 9.43. The maximum absolute atomic E-state index is 9.43. The predicted molar refractivity (Wildman–Crippen MR) is 73.1 cm³/mol. The maximum Gasteiger partial charge on any atom is 0.0587 e. The van der Waals surface area contributed by atoms with E-state index in [1.807, 2.05) is 18.2 Å². The first-order valence-electron chi connectivity index (χ1n) is 6.58. The SMILES string of the molecule is CCC(C)C(C)N[C@H](CO)Cc1ccccc1. The third-order valence-electron chi connectivity index (χ3n) is 3.54. The Morgan fingerprint density at radius 3 is 2.35 bits per heavy atom. The molecule has 0 fully saturated rings. The van der Waals surface area contributed by atoms with Crippen LogP contribution >= 0.6 is 0 Å². The molecule has 0 aliphatic carbocycles. The Labute approximate surface area is 105 Å². The lowest BCUT2D eigenvalue weighted by Crippen LogP contribution is -2.43. The van der Waals surface area contributed by atoms with Crippen molar-refractivity contribution in [1.82, 2.24) is 5.32 Å². The van der Waals surface area contributed by atoms with Crippen LogP contribution in [-0.4, -0.2) is 23.8 Å². The number of hydrogen-bond donors (Lipinski definition) is 2. The van der Waals surface area contributed by atoms with Gasteiger partial charge in [-0.3, -0.25) is 0 Å². The molecular formula is C15H25NO. The molecule has 17 heavy (non-hydrogen) atoms. The highest BCUT2D eigenvalue weighted by Crippen LogP contribution is 2.09. The summed E-state index contributed by atoms with van der Waals surface area (Å²) >= 11 is 0. The molecule has 2 nitrogen and oxygen atoms in total. The summed E-state index contributed by atoms with van der Waals surface area (Å²) in [6.45, 7) is 6.83. The van der Waals surface area contributed by atoms with Gasteiger partial charge >= 0.3 is 0 Å². The van der Waals surface area contributed by atoms with Gasteiger partial charge < -0.3 is 10.4 Å². The van der Waals surface area contributed by atoms with E-state index in [-0.39, 0.29) is 12.6 Å². The van der Waals surface area contributed by atoms with Crippen LogP contribution in [0.15, 0.2) is 30.3 Å². The quantitative estimate of drug-likeness (QED) is 0.761. The van der Waals surface area contributed by atoms with Gasteiger partial charge in [0.2, 0.25) is 0 Å². The smallest absolute Gasteiger partial charge is 0.0587 e. The van der Waals surface area contributed by atoms with Crippen molar-refractivity contribution in [2.75, 3.05) is 6.61 Å². The molecule has 1 aromatic carbocycles. The van der Waals surface area contributed by atoms with Crippen LogP contribution in [0.1, 0.15) is 32.8 Å². The summed E-state index contributed by atoms with van der Waals surface area (Å²) in [4.78, 5) is 0. The lowest BCUT2D eigenvalue weighted by atomic mass is 9.98. The summed E-state index contributed by atoms with van der Waals surface area (Å²) in [6, 6.07) is 10.9. The van der Waals surface area contributed by atoms with Crippen LogP contribution in [0, 0.1) is 5.92 Å². The minimum atomic E-state index is 0.154. The van der Waals surface area contributed by atoms with Crippen LogP contribution in [-0.2, 0) is 6.42 Å². The highest BCUT2D eigenvalue weighted by Gasteiger charge is 2.15. The first-order valence-corrected chi connectivity index (χ1v) is 6.58. The van der Waals surface area contributed by atoms with Crippen LogP contribution in [0.2, 0.25) is 0 Å².